The minimum atomic E-state index is 0.650. The molecule has 3 rings (SSSR count). The smallest absolute Gasteiger partial charge is 0.119 e. The van der Waals surface area contributed by atoms with Crippen molar-refractivity contribution in [1.82, 2.24) is 4.57 Å². The molecule has 0 bridgehead atoms. The first-order valence-electron chi connectivity index (χ1n) is 7.39. The van der Waals surface area contributed by atoms with Crippen LogP contribution in [-0.4, -0.2) is 17.9 Å². The summed E-state index contributed by atoms with van der Waals surface area (Å²) in [5.74, 6) is 0.845. The van der Waals surface area contributed by atoms with E-state index in [1.165, 1.54) is 0 Å². The van der Waals surface area contributed by atoms with Gasteiger partial charge in [-0.25, -0.2) is 0 Å². The maximum absolute atomic E-state index is 6.09. The van der Waals surface area contributed by atoms with E-state index < -0.39 is 0 Å². The van der Waals surface area contributed by atoms with Crippen molar-refractivity contribution in [2.24, 2.45) is 4.99 Å². The summed E-state index contributed by atoms with van der Waals surface area (Å²) in [7, 11) is 1.67. The highest BCUT2D eigenvalue weighted by Crippen LogP contribution is 2.27. The Morgan fingerprint density at radius 2 is 1.88 bits per heavy atom. The Labute approximate surface area is 154 Å². The van der Waals surface area contributed by atoms with E-state index in [0.29, 0.717) is 5.02 Å². The van der Waals surface area contributed by atoms with Crippen LogP contribution in [-0.2, 0) is 0 Å². The van der Waals surface area contributed by atoms with Crippen molar-refractivity contribution in [2.45, 2.75) is 6.92 Å². The van der Waals surface area contributed by atoms with E-state index in [2.05, 4.69) is 44.7 Å². The Bertz CT molecular complexity index is 885. The molecule has 0 saturated heterocycles. The Morgan fingerprint density at radius 3 is 2.54 bits per heavy atom. The molecule has 2 aromatic carbocycles. The summed E-state index contributed by atoms with van der Waals surface area (Å²) in [5, 5.41) is 0.650. The van der Waals surface area contributed by atoms with Crippen molar-refractivity contribution in [3.63, 3.8) is 0 Å². The molecular weight excluding hydrogens is 388 g/mol. The summed E-state index contributed by atoms with van der Waals surface area (Å²) < 4.78 is 8.19. The van der Waals surface area contributed by atoms with Crippen LogP contribution in [0.25, 0.3) is 5.69 Å². The number of rotatable bonds is 4. The van der Waals surface area contributed by atoms with Gasteiger partial charge in [0.05, 0.1) is 17.8 Å². The molecule has 0 atom stereocenters. The van der Waals surface area contributed by atoms with Crippen LogP contribution in [0, 0.1) is 6.92 Å². The Balaban J connectivity index is 1.85. The first-order valence-corrected chi connectivity index (χ1v) is 8.56. The van der Waals surface area contributed by atoms with Gasteiger partial charge in [0.15, 0.2) is 0 Å². The van der Waals surface area contributed by atoms with Crippen molar-refractivity contribution in [3.05, 3.63) is 75.5 Å². The second-order valence-corrected chi connectivity index (χ2v) is 6.60. The summed E-state index contributed by atoms with van der Waals surface area (Å²) in [6.45, 7) is 2.07. The maximum Gasteiger partial charge on any atom is 0.119 e. The van der Waals surface area contributed by atoms with Gasteiger partial charge in [-0.3, -0.25) is 4.99 Å². The third kappa shape index (κ3) is 3.71. The van der Waals surface area contributed by atoms with Crippen LogP contribution in [0.4, 0.5) is 5.69 Å². The average molecular weight is 404 g/mol. The van der Waals surface area contributed by atoms with E-state index in [-0.39, 0.29) is 0 Å². The molecule has 0 aliphatic heterocycles. The van der Waals surface area contributed by atoms with Gasteiger partial charge in [-0.15, -0.1) is 0 Å². The second-order valence-electron chi connectivity index (χ2n) is 5.34. The van der Waals surface area contributed by atoms with Crippen LogP contribution in [0.2, 0.25) is 5.02 Å². The predicted molar refractivity (Wildman–Crippen MR) is 103 cm³/mol. The number of nitrogens with zero attached hydrogens (tertiary/aromatic N) is 2. The molecule has 0 N–H and O–H groups in total. The lowest BCUT2D eigenvalue weighted by Crippen LogP contribution is -1.94. The van der Waals surface area contributed by atoms with Crippen molar-refractivity contribution in [2.75, 3.05) is 7.11 Å². The van der Waals surface area contributed by atoms with E-state index in [9.17, 15) is 0 Å². The summed E-state index contributed by atoms with van der Waals surface area (Å²) in [6, 6.07) is 15.7. The molecule has 0 unspecified atom stereocenters. The van der Waals surface area contributed by atoms with E-state index >= 15 is 0 Å². The van der Waals surface area contributed by atoms with Gasteiger partial charge in [-0.05, 0) is 71.4 Å². The molecule has 3 aromatic rings. The molecule has 0 saturated carbocycles. The van der Waals surface area contributed by atoms with E-state index in [1.54, 1.807) is 7.11 Å². The number of methoxy groups -OCH3 is 1. The quantitative estimate of drug-likeness (QED) is 0.494. The number of hydrogen-bond donors (Lipinski definition) is 0. The van der Waals surface area contributed by atoms with E-state index in [1.807, 2.05) is 48.7 Å². The molecule has 1 aromatic heterocycles. The first kappa shape index (κ1) is 16.8. The number of halogens is 2. The van der Waals surface area contributed by atoms with Gasteiger partial charge in [-0.2, -0.15) is 0 Å². The van der Waals surface area contributed by atoms with E-state index in [0.717, 1.165) is 32.9 Å². The van der Waals surface area contributed by atoms with E-state index in [4.69, 9.17) is 16.3 Å². The van der Waals surface area contributed by atoms with Gasteiger partial charge in [0.25, 0.3) is 0 Å². The summed E-state index contributed by atoms with van der Waals surface area (Å²) in [5.41, 5.74) is 4.07. The van der Waals surface area contributed by atoms with Crippen LogP contribution in [0.3, 0.4) is 0 Å². The summed E-state index contributed by atoms with van der Waals surface area (Å²) in [6.07, 6.45) is 3.90. The highest BCUT2D eigenvalue weighted by atomic mass is 79.9. The summed E-state index contributed by atoms with van der Waals surface area (Å²) >= 11 is 9.47. The fourth-order valence-electron chi connectivity index (χ4n) is 2.40. The molecule has 3 nitrogen and oxygen atoms in total. The monoisotopic (exact) mass is 402 g/mol. The third-order valence-corrected chi connectivity index (χ3v) is 4.88. The number of benzene rings is 2. The molecule has 0 aliphatic carbocycles. The lowest BCUT2D eigenvalue weighted by Gasteiger charge is -2.06. The Kier molecular flexibility index (Phi) is 5.07. The lowest BCUT2D eigenvalue weighted by atomic mass is 10.3. The summed E-state index contributed by atoms with van der Waals surface area (Å²) in [4.78, 5) is 4.49. The largest absolute Gasteiger partial charge is 0.497 e. The van der Waals surface area contributed by atoms with Crippen LogP contribution in [0.5, 0.6) is 5.75 Å². The molecule has 0 aliphatic rings. The van der Waals surface area contributed by atoms with Crippen molar-refractivity contribution in [1.29, 1.82) is 0 Å². The van der Waals surface area contributed by atoms with Crippen molar-refractivity contribution < 1.29 is 4.74 Å². The fourth-order valence-corrected chi connectivity index (χ4v) is 2.83. The van der Waals surface area contributed by atoms with Gasteiger partial charge in [0.1, 0.15) is 5.75 Å². The van der Waals surface area contributed by atoms with Crippen LogP contribution < -0.4 is 4.74 Å². The van der Waals surface area contributed by atoms with Crippen molar-refractivity contribution in [3.8, 4) is 11.4 Å². The molecule has 24 heavy (non-hydrogen) atoms. The third-order valence-electron chi connectivity index (χ3n) is 3.65. The fraction of sp³-hybridized carbons (Fsp3) is 0.105. The number of aryl methyl sites for hydroxylation is 1. The highest BCUT2D eigenvalue weighted by molar-refractivity contribution is 9.10. The Hall–Kier alpha value is -2.04. The van der Waals surface area contributed by atoms with Crippen LogP contribution in [0.1, 0.15) is 11.3 Å². The molecule has 0 amide bonds. The van der Waals surface area contributed by atoms with Crippen LogP contribution >= 0.6 is 27.5 Å². The first-order chi connectivity index (χ1) is 11.6. The van der Waals surface area contributed by atoms with Crippen molar-refractivity contribution >= 4 is 39.4 Å². The zero-order valence-corrected chi connectivity index (χ0v) is 15.7. The molecule has 0 spiro atoms. The van der Waals surface area contributed by atoms with Gasteiger partial charge >= 0.3 is 0 Å². The highest BCUT2D eigenvalue weighted by Gasteiger charge is 2.04. The van der Waals surface area contributed by atoms with Gasteiger partial charge in [-0.1, -0.05) is 11.6 Å². The maximum atomic E-state index is 6.09. The zero-order valence-electron chi connectivity index (χ0n) is 13.3. The molecule has 5 heteroatoms. The second kappa shape index (κ2) is 7.24. The molecule has 0 radical (unpaired) electrons. The number of aromatic nitrogens is 1. The number of ether oxygens (including phenoxy) is 1. The molecule has 1 heterocycles. The topological polar surface area (TPSA) is 26.5 Å². The Morgan fingerprint density at radius 1 is 1.12 bits per heavy atom. The number of aliphatic imine (C=N–C) groups is 1. The minimum Gasteiger partial charge on any atom is -0.497 e. The van der Waals surface area contributed by atoms with Gasteiger partial charge < -0.3 is 9.30 Å². The average Bonchev–Trinajstić information content (AvgIpc) is 2.97. The molecule has 122 valence electrons. The molecule has 0 fully saturated rings. The van der Waals surface area contributed by atoms with Gasteiger partial charge in [0, 0.05) is 33.8 Å². The SMILES string of the molecule is COc1ccc(-n2cc(C=Nc3ccc(Br)c(Cl)c3)cc2C)cc1. The standard InChI is InChI=1S/C19H16BrClN2O/c1-13-9-14(11-22-15-3-8-18(20)19(21)10-15)12-23(13)16-4-6-17(24-2)7-5-16/h3-12H,1-2H3. The minimum absolute atomic E-state index is 0.650. The lowest BCUT2D eigenvalue weighted by molar-refractivity contribution is 0.414. The van der Waals surface area contributed by atoms with Gasteiger partial charge in [0.2, 0.25) is 0 Å². The molecular formula is C19H16BrClN2O. The van der Waals surface area contributed by atoms with Crippen LogP contribution in [0.15, 0.2) is 64.2 Å². The number of hydrogen-bond acceptors (Lipinski definition) is 2. The zero-order chi connectivity index (χ0) is 17.1. The normalized spacial score (nSPS) is 11.2. The predicted octanol–water partition coefficient (Wildman–Crippen LogP) is 5.96.